The van der Waals surface area contributed by atoms with Gasteiger partial charge in [-0.05, 0) is 68.6 Å². The number of rotatable bonds is 5. The minimum atomic E-state index is -3.52. The highest BCUT2D eigenvalue weighted by Gasteiger charge is 2.20. The largest absolute Gasteiger partial charge is 0.496 e. The zero-order valence-corrected chi connectivity index (χ0v) is 16.1. The summed E-state index contributed by atoms with van der Waals surface area (Å²) in [5.41, 5.74) is 0.849. The highest BCUT2D eigenvalue weighted by Crippen LogP contribution is 2.30. The van der Waals surface area contributed by atoms with Gasteiger partial charge in [0.25, 0.3) is 10.0 Å². The minimum absolute atomic E-state index is 0.286. The van der Waals surface area contributed by atoms with Crippen LogP contribution in [0.3, 0.4) is 0 Å². The van der Waals surface area contributed by atoms with Crippen molar-refractivity contribution < 1.29 is 13.2 Å². The topological polar surface area (TPSA) is 55.4 Å². The molecule has 0 saturated carbocycles. The number of ether oxygens (including phenoxy) is 1. The summed E-state index contributed by atoms with van der Waals surface area (Å²) in [7, 11) is -1.94. The molecule has 0 spiro atoms. The van der Waals surface area contributed by atoms with E-state index in [1.54, 1.807) is 32.2 Å². The van der Waals surface area contributed by atoms with Crippen LogP contribution in [0.1, 0.15) is 18.5 Å². The molecule has 0 bridgehead atoms. The van der Waals surface area contributed by atoms with Crippen LogP contribution in [0, 0.1) is 0 Å². The van der Waals surface area contributed by atoms with Crippen molar-refractivity contribution in [2.24, 2.45) is 0 Å². The number of halogens is 2. The average Bonchev–Trinajstić information content (AvgIpc) is 2.85. The van der Waals surface area contributed by atoms with Crippen LogP contribution >= 0.6 is 43.2 Å². The lowest BCUT2D eigenvalue weighted by atomic mass is 10.1. The van der Waals surface area contributed by atoms with E-state index in [1.165, 1.54) is 11.3 Å². The first-order valence-electron chi connectivity index (χ1n) is 5.94. The van der Waals surface area contributed by atoms with E-state index in [1.807, 2.05) is 12.1 Å². The van der Waals surface area contributed by atoms with E-state index >= 15 is 0 Å². The molecule has 0 aliphatic rings. The van der Waals surface area contributed by atoms with Gasteiger partial charge in [-0.3, -0.25) is 0 Å². The predicted molar refractivity (Wildman–Crippen MR) is 91.4 cm³/mol. The van der Waals surface area contributed by atoms with Crippen molar-refractivity contribution in [2.45, 2.75) is 17.2 Å². The molecule has 2 aromatic rings. The molecule has 0 amide bonds. The molecule has 0 radical (unpaired) electrons. The van der Waals surface area contributed by atoms with Crippen molar-refractivity contribution in [1.29, 1.82) is 0 Å². The Kier molecular flexibility index (Phi) is 5.48. The Morgan fingerprint density at radius 3 is 2.48 bits per heavy atom. The maximum Gasteiger partial charge on any atom is 0.250 e. The Labute approximate surface area is 144 Å². The first kappa shape index (κ1) is 17.0. The Morgan fingerprint density at radius 2 is 1.95 bits per heavy atom. The SMILES string of the molecule is COc1ccc(C(C)NS(=O)(=O)c2ccc(Br)s2)cc1Br. The summed E-state index contributed by atoms with van der Waals surface area (Å²) in [6.45, 7) is 1.80. The molecule has 0 fully saturated rings. The quantitative estimate of drug-likeness (QED) is 0.731. The molecule has 1 unspecified atom stereocenters. The summed E-state index contributed by atoms with van der Waals surface area (Å²) in [5, 5.41) is 0. The molecule has 21 heavy (non-hydrogen) atoms. The highest BCUT2D eigenvalue weighted by molar-refractivity contribution is 9.11. The molecule has 1 aromatic carbocycles. The zero-order chi connectivity index (χ0) is 15.6. The van der Waals surface area contributed by atoms with Crippen LogP contribution in [0.15, 0.2) is 42.8 Å². The van der Waals surface area contributed by atoms with Crippen LogP contribution in [0.4, 0.5) is 0 Å². The standard InChI is InChI=1S/C13H13Br2NO3S2/c1-8(9-3-4-11(19-2)10(14)7-9)16-21(17,18)13-6-5-12(15)20-13/h3-8,16H,1-2H3. The Morgan fingerprint density at radius 1 is 1.24 bits per heavy atom. The summed E-state index contributed by atoms with van der Waals surface area (Å²) in [4.78, 5) is 0. The van der Waals surface area contributed by atoms with E-state index in [-0.39, 0.29) is 10.3 Å². The molecule has 1 atom stereocenters. The fourth-order valence-electron chi connectivity index (χ4n) is 1.75. The minimum Gasteiger partial charge on any atom is -0.496 e. The first-order valence-corrected chi connectivity index (χ1v) is 9.83. The number of hydrogen-bond donors (Lipinski definition) is 1. The van der Waals surface area contributed by atoms with Crippen molar-refractivity contribution in [3.05, 3.63) is 44.2 Å². The summed E-state index contributed by atoms with van der Waals surface area (Å²) < 4.78 is 34.2. The normalized spacial score (nSPS) is 13.1. The molecule has 8 heteroatoms. The third kappa shape index (κ3) is 4.07. The van der Waals surface area contributed by atoms with E-state index in [0.717, 1.165) is 13.8 Å². The molecular formula is C13H13Br2NO3S2. The second kappa shape index (κ2) is 6.78. The maximum atomic E-state index is 12.3. The number of hydrogen-bond acceptors (Lipinski definition) is 4. The molecule has 1 aromatic heterocycles. The summed E-state index contributed by atoms with van der Waals surface area (Å²) in [6, 6.07) is 8.42. The predicted octanol–water partition coefficient (Wildman–Crippen LogP) is 4.32. The van der Waals surface area contributed by atoms with Gasteiger partial charge in [-0.15, -0.1) is 11.3 Å². The third-order valence-corrected chi connectivity index (χ3v) is 7.10. The maximum absolute atomic E-state index is 12.3. The van der Waals surface area contributed by atoms with Crippen LogP contribution < -0.4 is 9.46 Å². The van der Waals surface area contributed by atoms with Crippen LogP contribution in [0.2, 0.25) is 0 Å². The van der Waals surface area contributed by atoms with E-state index in [2.05, 4.69) is 36.6 Å². The van der Waals surface area contributed by atoms with Crippen molar-refractivity contribution in [2.75, 3.05) is 7.11 Å². The molecule has 4 nitrogen and oxygen atoms in total. The van der Waals surface area contributed by atoms with Crippen molar-refractivity contribution in [3.8, 4) is 5.75 Å². The summed E-state index contributed by atoms with van der Waals surface area (Å²) in [6.07, 6.45) is 0. The lowest BCUT2D eigenvalue weighted by molar-refractivity contribution is 0.412. The molecule has 0 aliphatic heterocycles. The van der Waals surface area contributed by atoms with Crippen molar-refractivity contribution in [3.63, 3.8) is 0 Å². The average molecular weight is 455 g/mol. The number of methoxy groups -OCH3 is 1. The van der Waals surface area contributed by atoms with Gasteiger partial charge in [-0.25, -0.2) is 13.1 Å². The van der Waals surface area contributed by atoms with E-state index in [4.69, 9.17) is 4.74 Å². The molecule has 0 saturated heterocycles. The monoisotopic (exact) mass is 453 g/mol. The molecule has 0 aliphatic carbocycles. The van der Waals surface area contributed by atoms with E-state index in [0.29, 0.717) is 5.75 Å². The van der Waals surface area contributed by atoms with Gasteiger partial charge in [-0.2, -0.15) is 0 Å². The van der Waals surface area contributed by atoms with Crippen molar-refractivity contribution in [1.82, 2.24) is 4.72 Å². The summed E-state index contributed by atoms with van der Waals surface area (Å²) in [5.74, 6) is 0.705. The fraction of sp³-hybridized carbons (Fsp3) is 0.231. The molecular weight excluding hydrogens is 442 g/mol. The number of nitrogens with one attached hydrogen (secondary N) is 1. The molecule has 1 N–H and O–H groups in total. The zero-order valence-electron chi connectivity index (χ0n) is 11.3. The van der Waals surface area contributed by atoms with Crippen LogP contribution in [0.25, 0.3) is 0 Å². The van der Waals surface area contributed by atoms with Gasteiger partial charge >= 0.3 is 0 Å². The van der Waals surface area contributed by atoms with E-state index < -0.39 is 10.0 Å². The Bertz CT molecular complexity index is 744. The van der Waals surface area contributed by atoms with Gasteiger partial charge in [0.1, 0.15) is 9.96 Å². The number of sulfonamides is 1. The van der Waals surface area contributed by atoms with Crippen LogP contribution in [0.5, 0.6) is 5.75 Å². The van der Waals surface area contributed by atoms with Gasteiger partial charge in [0.2, 0.25) is 0 Å². The molecule has 114 valence electrons. The van der Waals surface area contributed by atoms with Gasteiger partial charge in [0.15, 0.2) is 0 Å². The third-order valence-electron chi connectivity index (χ3n) is 2.82. The lowest BCUT2D eigenvalue weighted by Gasteiger charge is -2.15. The Hall–Kier alpha value is -0.410. The van der Waals surface area contributed by atoms with Gasteiger partial charge in [-0.1, -0.05) is 6.07 Å². The van der Waals surface area contributed by atoms with Crippen LogP contribution in [-0.4, -0.2) is 15.5 Å². The molecule has 1 heterocycles. The second-order valence-electron chi connectivity index (χ2n) is 4.30. The Balaban J connectivity index is 2.21. The summed E-state index contributed by atoms with van der Waals surface area (Å²) >= 11 is 7.84. The number of thiophene rings is 1. The molecule has 2 rings (SSSR count). The lowest BCUT2D eigenvalue weighted by Crippen LogP contribution is -2.26. The van der Waals surface area contributed by atoms with Crippen molar-refractivity contribution >= 4 is 53.2 Å². The smallest absolute Gasteiger partial charge is 0.250 e. The highest BCUT2D eigenvalue weighted by atomic mass is 79.9. The number of benzene rings is 1. The van der Waals surface area contributed by atoms with Gasteiger partial charge in [0.05, 0.1) is 15.4 Å². The fourth-order valence-corrected chi connectivity index (χ4v) is 5.57. The van der Waals surface area contributed by atoms with Gasteiger partial charge in [0, 0.05) is 6.04 Å². The van der Waals surface area contributed by atoms with Gasteiger partial charge < -0.3 is 4.74 Å². The van der Waals surface area contributed by atoms with E-state index in [9.17, 15) is 8.42 Å². The second-order valence-corrected chi connectivity index (χ2v) is 9.55. The van der Waals surface area contributed by atoms with Crippen LogP contribution in [-0.2, 0) is 10.0 Å². The first-order chi connectivity index (χ1) is 9.83.